The summed E-state index contributed by atoms with van der Waals surface area (Å²) in [5.41, 5.74) is 0.448. The fourth-order valence-electron chi connectivity index (χ4n) is 3.77. The zero-order valence-corrected chi connectivity index (χ0v) is 9.19. The van der Waals surface area contributed by atoms with Crippen LogP contribution in [0.25, 0.3) is 0 Å². The highest BCUT2D eigenvalue weighted by molar-refractivity contribution is 5.91. The van der Waals surface area contributed by atoms with E-state index in [-0.39, 0.29) is 12.4 Å². The monoisotopic (exact) mass is 212 g/mol. The van der Waals surface area contributed by atoms with Crippen LogP contribution in [0.1, 0.15) is 38.5 Å². The Bertz CT molecular complexity index is 284. The summed E-state index contributed by atoms with van der Waals surface area (Å²) in [7, 11) is 0. The van der Waals surface area contributed by atoms with Crippen LogP contribution >= 0.6 is 12.4 Å². The summed E-state index contributed by atoms with van der Waals surface area (Å²) in [6.45, 7) is 0. The van der Waals surface area contributed by atoms with Gasteiger partial charge >= 0.3 is 0 Å². The minimum absolute atomic E-state index is 0. The lowest BCUT2D eigenvalue weighted by molar-refractivity contribution is -0.128. The number of hydrogen-bond donors (Lipinski definition) is 0. The van der Waals surface area contributed by atoms with Crippen molar-refractivity contribution in [1.29, 1.82) is 0 Å². The second kappa shape index (κ2) is 3.37. The van der Waals surface area contributed by atoms with Crippen molar-refractivity contribution < 1.29 is 4.79 Å². The second-order valence-corrected chi connectivity index (χ2v) is 5.01. The molecule has 14 heavy (non-hydrogen) atoms. The number of halogens is 1. The van der Waals surface area contributed by atoms with Gasteiger partial charge in [0, 0.05) is 6.42 Å². The van der Waals surface area contributed by atoms with Gasteiger partial charge in [-0.15, -0.1) is 12.4 Å². The van der Waals surface area contributed by atoms with Crippen LogP contribution in [0.5, 0.6) is 0 Å². The second-order valence-electron chi connectivity index (χ2n) is 5.01. The quantitative estimate of drug-likeness (QED) is 0.603. The van der Waals surface area contributed by atoms with E-state index in [9.17, 15) is 4.79 Å². The van der Waals surface area contributed by atoms with Crippen molar-refractivity contribution in [3.05, 3.63) is 12.2 Å². The van der Waals surface area contributed by atoms with Gasteiger partial charge in [0.1, 0.15) is 0 Å². The van der Waals surface area contributed by atoms with E-state index in [1.54, 1.807) is 0 Å². The Hall–Kier alpha value is -0.300. The molecule has 0 aromatic rings. The molecule has 2 fully saturated rings. The van der Waals surface area contributed by atoms with Gasteiger partial charge in [-0.25, -0.2) is 0 Å². The summed E-state index contributed by atoms with van der Waals surface area (Å²) in [4.78, 5) is 11.4. The first-order valence-electron chi connectivity index (χ1n) is 5.52. The Kier molecular flexibility index (Phi) is 2.46. The van der Waals surface area contributed by atoms with Gasteiger partial charge in [0.25, 0.3) is 0 Å². The highest BCUT2D eigenvalue weighted by Gasteiger charge is 2.54. The van der Waals surface area contributed by atoms with Crippen molar-refractivity contribution >= 4 is 18.2 Å². The number of rotatable bonds is 0. The summed E-state index contributed by atoms with van der Waals surface area (Å²) in [5.74, 6) is 2.01. The Balaban J connectivity index is 0.000000750. The number of hydrogen-bond acceptors (Lipinski definition) is 1. The molecule has 3 rings (SSSR count). The maximum atomic E-state index is 11.4. The van der Waals surface area contributed by atoms with Crippen molar-refractivity contribution in [2.24, 2.45) is 17.3 Å². The van der Waals surface area contributed by atoms with Crippen molar-refractivity contribution in [2.75, 3.05) is 0 Å². The first-order valence-corrected chi connectivity index (χ1v) is 5.52. The van der Waals surface area contributed by atoms with Crippen LogP contribution in [0.3, 0.4) is 0 Å². The van der Waals surface area contributed by atoms with E-state index in [1.807, 2.05) is 6.08 Å². The normalized spacial score (nSPS) is 44.4. The van der Waals surface area contributed by atoms with Crippen LogP contribution in [0.15, 0.2) is 12.2 Å². The lowest BCUT2D eigenvalue weighted by Gasteiger charge is -2.58. The molecule has 1 spiro atoms. The summed E-state index contributed by atoms with van der Waals surface area (Å²) < 4.78 is 0. The maximum Gasteiger partial charge on any atom is 0.155 e. The third kappa shape index (κ3) is 1.18. The highest BCUT2D eigenvalue weighted by Crippen LogP contribution is 2.61. The Morgan fingerprint density at radius 2 is 2.14 bits per heavy atom. The van der Waals surface area contributed by atoms with E-state index in [0.717, 1.165) is 18.3 Å². The SMILES string of the molecule is Cl.O=C1C=CC2CCCC3CCC23C1. The van der Waals surface area contributed by atoms with E-state index in [0.29, 0.717) is 11.2 Å². The van der Waals surface area contributed by atoms with Gasteiger partial charge in [-0.05, 0) is 49.0 Å². The molecule has 1 nitrogen and oxygen atoms in total. The van der Waals surface area contributed by atoms with Gasteiger partial charge < -0.3 is 0 Å². The largest absolute Gasteiger partial charge is 0.295 e. The standard InChI is InChI=1S/C12H16O.ClH/c13-11-5-4-9-2-1-3-10-6-7-12(9,10)8-11;/h4-5,9-10H,1-3,6-8H2;1H. The van der Waals surface area contributed by atoms with Gasteiger partial charge in [-0.1, -0.05) is 12.5 Å². The van der Waals surface area contributed by atoms with Crippen molar-refractivity contribution in [3.8, 4) is 0 Å². The van der Waals surface area contributed by atoms with E-state index in [4.69, 9.17) is 0 Å². The summed E-state index contributed by atoms with van der Waals surface area (Å²) >= 11 is 0. The van der Waals surface area contributed by atoms with Gasteiger partial charge in [0.05, 0.1) is 0 Å². The topological polar surface area (TPSA) is 17.1 Å². The molecule has 2 saturated carbocycles. The molecule has 0 aromatic carbocycles. The molecule has 0 saturated heterocycles. The number of carbonyl (C=O) groups excluding carboxylic acids is 1. The first-order chi connectivity index (χ1) is 6.31. The van der Waals surface area contributed by atoms with Crippen LogP contribution in [0, 0.1) is 17.3 Å². The minimum atomic E-state index is 0. The summed E-state index contributed by atoms with van der Waals surface area (Å²) in [6, 6.07) is 0. The third-order valence-electron chi connectivity index (χ3n) is 4.60. The molecule has 0 N–H and O–H groups in total. The third-order valence-corrected chi connectivity index (χ3v) is 4.60. The molecule has 78 valence electrons. The molecule has 0 heterocycles. The van der Waals surface area contributed by atoms with E-state index < -0.39 is 0 Å². The zero-order valence-electron chi connectivity index (χ0n) is 8.37. The van der Waals surface area contributed by atoms with Gasteiger partial charge in [-0.3, -0.25) is 4.79 Å². The van der Waals surface area contributed by atoms with Crippen LogP contribution in [0.2, 0.25) is 0 Å². The van der Waals surface area contributed by atoms with Crippen LogP contribution in [-0.4, -0.2) is 5.78 Å². The summed E-state index contributed by atoms with van der Waals surface area (Å²) in [5, 5.41) is 0. The molecule has 0 radical (unpaired) electrons. The lowest BCUT2D eigenvalue weighted by atomic mass is 9.46. The molecule has 3 atom stereocenters. The first kappa shape index (κ1) is 10.2. The summed E-state index contributed by atoms with van der Waals surface area (Å²) in [6.07, 6.45) is 11.7. The predicted molar refractivity (Wildman–Crippen MR) is 58.5 cm³/mol. The number of allylic oxidation sites excluding steroid dienone is 2. The van der Waals surface area contributed by atoms with Gasteiger partial charge in [0.15, 0.2) is 5.78 Å². The van der Waals surface area contributed by atoms with Crippen molar-refractivity contribution in [3.63, 3.8) is 0 Å². The van der Waals surface area contributed by atoms with Crippen LogP contribution in [0.4, 0.5) is 0 Å². The van der Waals surface area contributed by atoms with Gasteiger partial charge in [0.2, 0.25) is 0 Å². The molecule has 3 aliphatic rings. The number of carbonyl (C=O) groups is 1. The van der Waals surface area contributed by atoms with E-state index in [2.05, 4.69) is 6.08 Å². The van der Waals surface area contributed by atoms with Gasteiger partial charge in [-0.2, -0.15) is 0 Å². The molecule has 0 bridgehead atoms. The Labute approximate surface area is 91.4 Å². The molecule has 0 amide bonds. The minimum Gasteiger partial charge on any atom is -0.295 e. The molecular formula is C12H17ClO. The predicted octanol–water partition coefficient (Wildman–Crippen LogP) is 3.13. The Morgan fingerprint density at radius 3 is 2.86 bits per heavy atom. The number of ketones is 1. The van der Waals surface area contributed by atoms with E-state index in [1.165, 1.54) is 32.1 Å². The van der Waals surface area contributed by atoms with Crippen molar-refractivity contribution in [2.45, 2.75) is 38.5 Å². The fourth-order valence-corrected chi connectivity index (χ4v) is 3.77. The molecule has 0 aromatic heterocycles. The molecule has 3 unspecified atom stereocenters. The molecule has 0 aliphatic heterocycles. The highest BCUT2D eigenvalue weighted by atomic mass is 35.5. The van der Waals surface area contributed by atoms with Crippen LogP contribution < -0.4 is 0 Å². The average molecular weight is 213 g/mol. The molecule has 2 heteroatoms. The lowest BCUT2D eigenvalue weighted by Crippen LogP contribution is -2.50. The maximum absolute atomic E-state index is 11.4. The van der Waals surface area contributed by atoms with Crippen molar-refractivity contribution in [1.82, 2.24) is 0 Å². The fraction of sp³-hybridized carbons (Fsp3) is 0.750. The molecule has 3 aliphatic carbocycles. The Morgan fingerprint density at radius 1 is 1.29 bits per heavy atom. The van der Waals surface area contributed by atoms with Crippen LogP contribution in [-0.2, 0) is 4.79 Å². The smallest absolute Gasteiger partial charge is 0.155 e. The zero-order chi connectivity index (χ0) is 8.89. The molecular weight excluding hydrogens is 196 g/mol. The van der Waals surface area contributed by atoms with E-state index >= 15 is 0 Å². The average Bonchev–Trinajstić information content (AvgIpc) is 2.10.